The maximum absolute atomic E-state index is 14.0. The zero-order valence-corrected chi connectivity index (χ0v) is 21.7. The molecule has 0 aromatic heterocycles. The molecule has 0 bridgehead atoms. The molecule has 2 aromatic carbocycles. The Morgan fingerprint density at radius 1 is 1.08 bits per heavy atom. The quantitative estimate of drug-likeness (QED) is 0.540. The molecule has 3 atom stereocenters. The molecule has 2 aliphatic rings. The summed E-state index contributed by atoms with van der Waals surface area (Å²) in [6.07, 6.45) is -0.0686. The number of rotatable bonds is 6. The van der Waals surface area contributed by atoms with Gasteiger partial charge in [0.15, 0.2) is 0 Å². The van der Waals surface area contributed by atoms with Crippen molar-refractivity contribution >= 4 is 17.8 Å². The molecule has 2 amide bonds. The summed E-state index contributed by atoms with van der Waals surface area (Å²) in [5, 5.41) is 0. The number of hydrogen-bond acceptors (Lipinski definition) is 5. The highest BCUT2D eigenvalue weighted by Crippen LogP contribution is 2.38. The van der Waals surface area contributed by atoms with E-state index in [1.807, 2.05) is 19.9 Å². The molecule has 196 valence electrons. The molecule has 4 rings (SSSR count). The van der Waals surface area contributed by atoms with Gasteiger partial charge in [-0.05, 0) is 63.1 Å². The van der Waals surface area contributed by atoms with Gasteiger partial charge in [0.1, 0.15) is 5.82 Å². The number of allylic oxidation sites excluding steroid dienone is 1. The Bertz CT molecular complexity index is 1220. The van der Waals surface area contributed by atoms with Crippen LogP contribution in [-0.2, 0) is 25.6 Å². The second-order valence-corrected chi connectivity index (χ2v) is 9.68. The van der Waals surface area contributed by atoms with E-state index in [0.717, 1.165) is 5.56 Å². The fraction of sp³-hybridized carbons (Fsp3) is 0.414. The van der Waals surface area contributed by atoms with Gasteiger partial charge in [0.05, 0.1) is 30.9 Å². The van der Waals surface area contributed by atoms with Gasteiger partial charge in [-0.2, -0.15) is 0 Å². The summed E-state index contributed by atoms with van der Waals surface area (Å²) >= 11 is 0. The van der Waals surface area contributed by atoms with Crippen molar-refractivity contribution in [2.45, 2.75) is 58.8 Å². The first-order chi connectivity index (χ1) is 17.7. The monoisotopic (exact) mass is 508 g/mol. The number of halogens is 1. The Labute approximate surface area is 216 Å². The molecule has 8 heteroatoms. The lowest BCUT2D eigenvalue weighted by Gasteiger charge is -2.35. The van der Waals surface area contributed by atoms with Crippen molar-refractivity contribution in [1.82, 2.24) is 9.80 Å². The van der Waals surface area contributed by atoms with Crippen LogP contribution in [0.25, 0.3) is 0 Å². The van der Waals surface area contributed by atoms with Crippen LogP contribution in [0.3, 0.4) is 0 Å². The van der Waals surface area contributed by atoms with E-state index in [2.05, 4.69) is 0 Å². The van der Waals surface area contributed by atoms with Gasteiger partial charge in [0, 0.05) is 36.7 Å². The van der Waals surface area contributed by atoms with Crippen LogP contribution in [0.5, 0.6) is 0 Å². The highest BCUT2D eigenvalue weighted by molar-refractivity contribution is 5.96. The Hall–Kier alpha value is -3.52. The number of carbonyl (C=O) groups excluding carboxylic acids is 3. The van der Waals surface area contributed by atoms with Gasteiger partial charge in [0.25, 0.3) is 5.91 Å². The zero-order chi connectivity index (χ0) is 26.7. The smallest absolute Gasteiger partial charge is 0.336 e. The third kappa shape index (κ3) is 5.91. The van der Waals surface area contributed by atoms with Crippen LogP contribution >= 0.6 is 0 Å². The standard InChI is InChI=1S/C29H33FN2O5/c1-5-36-29(35)27-20(4)32(26(33)14-25(27)22-9-7-11-24(30)13-22)17-21-8-6-10-23(12-21)28(34)31-15-18(2)37-19(3)16-31/h6-13,18-19,25H,5,14-17H2,1-4H3. The van der Waals surface area contributed by atoms with Gasteiger partial charge < -0.3 is 19.3 Å². The maximum Gasteiger partial charge on any atom is 0.336 e. The van der Waals surface area contributed by atoms with Crippen LogP contribution < -0.4 is 0 Å². The molecule has 0 N–H and O–H groups in total. The Morgan fingerprint density at radius 3 is 2.46 bits per heavy atom. The van der Waals surface area contributed by atoms with Crippen LogP contribution in [0.4, 0.5) is 4.39 Å². The Kier molecular flexibility index (Phi) is 8.07. The van der Waals surface area contributed by atoms with Crippen molar-refractivity contribution in [2.24, 2.45) is 0 Å². The molecule has 1 saturated heterocycles. The lowest BCUT2D eigenvalue weighted by atomic mass is 9.83. The minimum Gasteiger partial charge on any atom is -0.463 e. The summed E-state index contributed by atoms with van der Waals surface area (Å²) in [5.74, 6) is -1.83. The fourth-order valence-electron chi connectivity index (χ4n) is 5.20. The van der Waals surface area contributed by atoms with Gasteiger partial charge >= 0.3 is 5.97 Å². The van der Waals surface area contributed by atoms with E-state index in [1.54, 1.807) is 54.0 Å². The van der Waals surface area contributed by atoms with E-state index in [4.69, 9.17) is 9.47 Å². The lowest BCUT2D eigenvalue weighted by molar-refractivity contribution is -0.140. The van der Waals surface area contributed by atoms with Crippen molar-refractivity contribution in [1.29, 1.82) is 0 Å². The molecule has 3 unspecified atom stereocenters. The number of morpholine rings is 1. The summed E-state index contributed by atoms with van der Waals surface area (Å²) in [4.78, 5) is 42.8. The number of nitrogens with zero attached hydrogens (tertiary/aromatic N) is 2. The molecule has 0 radical (unpaired) electrons. The third-order valence-corrected chi connectivity index (χ3v) is 6.79. The van der Waals surface area contributed by atoms with Crippen molar-refractivity contribution in [3.05, 3.63) is 82.3 Å². The second-order valence-electron chi connectivity index (χ2n) is 9.68. The predicted octanol–water partition coefficient (Wildman–Crippen LogP) is 4.43. The molecule has 7 nitrogen and oxygen atoms in total. The first-order valence-electron chi connectivity index (χ1n) is 12.6. The number of benzene rings is 2. The van der Waals surface area contributed by atoms with Crippen molar-refractivity contribution in [3.63, 3.8) is 0 Å². The largest absolute Gasteiger partial charge is 0.463 e. The minimum atomic E-state index is -0.600. The van der Waals surface area contributed by atoms with E-state index >= 15 is 0 Å². The second kappa shape index (κ2) is 11.3. The molecule has 37 heavy (non-hydrogen) atoms. The van der Waals surface area contributed by atoms with Crippen molar-refractivity contribution in [2.75, 3.05) is 19.7 Å². The van der Waals surface area contributed by atoms with Gasteiger partial charge in [-0.15, -0.1) is 0 Å². The molecule has 2 aromatic rings. The van der Waals surface area contributed by atoms with Crippen LogP contribution in [0, 0.1) is 5.82 Å². The molecule has 2 heterocycles. The summed E-state index contributed by atoms with van der Waals surface area (Å²) in [6, 6.07) is 13.2. The van der Waals surface area contributed by atoms with Crippen molar-refractivity contribution in [3.8, 4) is 0 Å². The van der Waals surface area contributed by atoms with E-state index in [-0.39, 0.29) is 43.6 Å². The lowest BCUT2D eigenvalue weighted by Crippen LogP contribution is -2.48. The van der Waals surface area contributed by atoms with Crippen LogP contribution in [0.1, 0.15) is 61.5 Å². The number of amides is 2. The molecular weight excluding hydrogens is 475 g/mol. The maximum atomic E-state index is 14.0. The van der Waals surface area contributed by atoms with E-state index in [1.165, 1.54) is 12.1 Å². The fourth-order valence-corrected chi connectivity index (χ4v) is 5.20. The molecule has 1 fully saturated rings. The minimum absolute atomic E-state index is 0.0110. The highest BCUT2D eigenvalue weighted by atomic mass is 19.1. The number of hydrogen-bond donors (Lipinski definition) is 0. The molecule has 2 aliphatic heterocycles. The normalized spacial score (nSPS) is 22.3. The molecule has 0 aliphatic carbocycles. The number of ether oxygens (including phenoxy) is 2. The Balaban J connectivity index is 1.62. The topological polar surface area (TPSA) is 76.2 Å². The predicted molar refractivity (Wildman–Crippen MR) is 136 cm³/mol. The van der Waals surface area contributed by atoms with E-state index in [0.29, 0.717) is 35.5 Å². The van der Waals surface area contributed by atoms with Gasteiger partial charge in [-0.25, -0.2) is 9.18 Å². The summed E-state index contributed by atoms with van der Waals surface area (Å²) in [6.45, 7) is 8.73. The van der Waals surface area contributed by atoms with Gasteiger partial charge in [0.2, 0.25) is 5.91 Å². The zero-order valence-electron chi connectivity index (χ0n) is 21.7. The molecular formula is C29H33FN2O5. The van der Waals surface area contributed by atoms with Crippen molar-refractivity contribution < 1.29 is 28.2 Å². The summed E-state index contributed by atoms with van der Waals surface area (Å²) < 4.78 is 25.0. The number of carbonyl (C=O) groups is 3. The van der Waals surface area contributed by atoms with Crippen LogP contribution in [0.2, 0.25) is 0 Å². The highest BCUT2D eigenvalue weighted by Gasteiger charge is 2.37. The SMILES string of the molecule is CCOC(=O)C1=C(C)N(Cc2cccc(C(=O)N3CC(C)OC(C)C3)c2)C(=O)CC1c1cccc(F)c1. The van der Waals surface area contributed by atoms with Gasteiger partial charge in [-0.1, -0.05) is 24.3 Å². The average molecular weight is 509 g/mol. The van der Waals surface area contributed by atoms with Crippen LogP contribution in [-0.4, -0.2) is 59.5 Å². The first-order valence-corrected chi connectivity index (χ1v) is 12.6. The third-order valence-electron chi connectivity index (χ3n) is 6.79. The van der Waals surface area contributed by atoms with Gasteiger partial charge in [-0.3, -0.25) is 9.59 Å². The average Bonchev–Trinajstić information content (AvgIpc) is 2.85. The van der Waals surface area contributed by atoms with E-state index < -0.39 is 17.7 Å². The Morgan fingerprint density at radius 2 is 1.78 bits per heavy atom. The van der Waals surface area contributed by atoms with Crippen LogP contribution in [0.15, 0.2) is 59.8 Å². The number of esters is 1. The summed E-state index contributed by atoms with van der Waals surface area (Å²) in [5.41, 5.74) is 2.66. The summed E-state index contributed by atoms with van der Waals surface area (Å²) in [7, 11) is 0. The first kappa shape index (κ1) is 26.5. The van der Waals surface area contributed by atoms with E-state index in [9.17, 15) is 18.8 Å². The molecule has 0 saturated carbocycles. The molecule has 0 spiro atoms.